The van der Waals surface area contributed by atoms with E-state index in [9.17, 15) is 0 Å². The van der Waals surface area contributed by atoms with Crippen LogP contribution in [-0.4, -0.2) is 36.1 Å². The minimum Gasteiger partial charge on any atom is -0.368 e. The molecular formula is C23H21ClN4S. The smallest absolute Gasteiger partial charge is 0.225 e. The van der Waals surface area contributed by atoms with Gasteiger partial charge in [-0.3, -0.25) is 0 Å². The number of rotatable bonds is 3. The first-order valence-electron chi connectivity index (χ1n) is 9.76. The third kappa shape index (κ3) is 3.68. The van der Waals surface area contributed by atoms with Gasteiger partial charge in [0.1, 0.15) is 10.6 Å². The Morgan fingerprint density at radius 1 is 0.862 bits per heavy atom. The Bertz CT molecular complexity index is 1150. The highest BCUT2D eigenvalue weighted by Crippen LogP contribution is 2.37. The van der Waals surface area contributed by atoms with E-state index >= 15 is 0 Å². The lowest BCUT2D eigenvalue weighted by Gasteiger charge is -2.37. The van der Waals surface area contributed by atoms with Crippen LogP contribution in [0, 0.1) is 6.92 Å². The highest BCUT2D eigenvalue weighted by molar-refractivity contribution is 7.22. The van der Waals surface area contributed by atoms with Crippen LogP contribution in [0.3, 0.4) is 0 Å². The lowest BCUT2D eigenvalue weighted by atomic mass is 10.1. The zero-order valence-corrected chi connectivity index (χ0v) is 17.7. The van der Waals surface area contributed by atoms with E-state index in [1.54, 1.807) is 11.3 Å². The van der Waals surface area contributed by atoms with E-state index in [4.69, 9.17) is 11.6 Å². The monoisotopic (exact) mass is 420 g/mol. The van der Waals surface area contributed by atoms with Gasteiger partial charge in [-0.05, 0) is 47.9 Å². The van der Waals surface area contributed by atoms with Crippen molar-refractivity contribution in [2.24, 2.45) is 0 Å². The second-order valence-corrected chi connectivity index (χ2v) is 8.69. The predicted octanol–water partition coefficient (Wildman–Crippen LogP) is 5.65. The molecule has 0 radical (unpaired) electrons. The zero-order valence-electron chi connectivity index (χ0n) is 16.2. The van der Waals surface area contributed by atoms with E-state index in [2.05, 4.69) is 81.3 Å². The summed E-state index contributed by atoms with van der Waals surface area (Å²) in [5, 5.41) is 1.40. The van der Waals surface area contributed by atoms with Gasteiger partial charge < -0.3 is 9.80 Å². The average molecular weight is 421 g/mol. The fourth-order valence-corrected chi connectivity index (χ4v) is 5.11. The van der Waals surface area contributed by atoms with Gasteiger partial charge >= 0.3 is 0 Å². The molecule has 29 heavy (non-hydrogen) atoms. The van der Waals surface area contributed by atoms with Crippen molar-refractivity contribution < 1.29 is 0 Å². The van der Waals surface area contributed by atoms with Crippen LogP contribution in [-0.2, 0) is 0 Å². The van der Waals surface area contributed by atoms with Crippen LogP contribution in [0.25, 0.3) is 20.7 Å². The normalized spacial score (nSPS) is 14.6. The number of aryl methyl sites for hydroxylation is 1. The summed E-state index contributed by atoms with van der Waals surface area (Å²) in [5.74, 6) is 0.947. The molecule has 4 nitrogen and oxygen atoms in total. The van der Waals surface area contributed by atoms with Crippen molar-refractivity contribution >= 4 is 44.7 Å². The Labute approximate surface area is 179 Å². The second kappa shape index (κ2) is 7.65. The van der Waals surface area contributed by atoms with E-state index in [0.717, 1.165) is 42.2 Å². The molecule has 6 heteroatoms. The number of piperazine rings is 1. The molecule has 2 aromatic heterocycles. The van der Waals surface area contributed by atoms with Gasteiger partial charge in [0.2, 0.25) is 5.28 Å². The topological polar surface area (TPSA) is 32.3 Å². The molecule has 1 saturated heterocycles. The summed E-state index contributed by atoms with van der Waals surface area (Å²) in [6.07, 6.45) is 0. The maximum atomic E-state index is 6.29. The van der Waals surface area contributed by atoms with Gasteiger partial charge in [0.25, 0.3) is 0 Å². The molecule has 5 rings (SSSR count). The van der Waals surface area contributed by atoms with E-state index < -0.39 is 0 Å². The summed E-state index contributed by atoms with van der Waals surface area (Å²) in [5.41, 5.74) is 3.78. The molecule has 0 unspecified atom stereocenters. The molecule has 2 aromatic carbocycles. The number of anilines is 2. The number of thiophene rings is 1. The van der Waals surface area contributed by atoms with Crippen molar-refractivity contribution in [3.63, 3.8) is 0 Å². The van der Waals surface area contributed by atoms with Gasteiger partial charge in [-0.25, -0.2) is 4.98 Å². The predicted molar refractivity (Wildman–Crippen MR) is 123 cm³/mol. The number of fused-ring (bicyclic) bond motifs is 1. The highest BCUT2D eigenvalue weighted by Gasteiger charge is 2.22. The molecule has 146 valence electrons. The van der Waals surface area contributed by atoms with Crippen molar-refractivity contribution in [1.82, 2.24) is 9.97 Å². The average Bonchev–Trinajstić information content (AvgIpc) is 3.18. The fraction of sp³-hybridized carbons (Fsp3) is 0.217. The fourth-order valence-electron chi connectivity index (χ4n) is 3.87. The minimum absolute atomic E-state index is 0.315. The first-order chi connectivity index (χ1) is 14.2. The summed E-state index contributed by atoms with van der Waals surface area (Å²) >= 11 is 7.96. The minimum atomic E-state index is 0.315. The van der Waals surface area contributed by atoms with Crippen molar-refractivity contribution in [3.8, 4) is 10.4 Å². The summed E-state index contributed by atoms with van der Waals surface area (Å²) in [4.78, 5) is 16.0. The van der Waals surface area contributed by atoms with Gasteiger partial charge in [-0.15, -0.1) is 11.3 Å². The lowest BCUT2D eigenvalue weighted by molar-refractivity contribution is 0.649. The summed E-state index contributed by atoms with van der Waals surface area (Å²) in [6.45, 7) is 5.88. The molecule has 0 N–H and O–H groups in total. The van der Waals surface area contributed by atoms with Crippen LogP contribution in [0.15, 0.2) is 60.7 Å². The molecule has 4 aromatic rings. The number of aromatic nitrogens is 2. The zero-order chi connectivity index (χ0) is 19.8. The molecule has 3 heterocycles. The van der Waals surface area contributed by atoms with Gasteiger partial charge in [0, 0.05) is 36.7 Å². The molecule has 0 aliphatic carbocycles. The molecule has 0 spiro atoms. The standard InChI is InChI=1S/C23H21ClN4S/c1-16-6-5-9-18(14-16)27-10-12-28(13-11-27)21-19-15-20(17-7-3-2-4-8-17)29-22(19)26-23(24)25-21/h2-9,14-15H,10-13H2,1H3. The Hall–Kier alpha value is -2.63. The summed E-state index contributed by atoms with van der Waals surface area (Å²) in [7, 11) is 0. The number of hydrogen-bond acceptors (Lipinski definition) is 5. The Balaban J connectivity index is 1.44. The second-order valence-electron chi connectivity index (χ2n) is 7.32. The van der Waals surface area contributed by atoms with Crippen molar-refractivity contribution in [2.45, 2.75) is 6.92 Å². The van der Waals surface area contributed by atoms with Gasteiger partial charge in [0.15, 0.2) is 0 Å². The number of halogens is 1. The molecular weight excluding hydrogens is 400 g/mol. The van der Waals surface area contributed by atoms with E-state index in [1.165, 1.54) is 21.7 Å². The Morgan fingerprint density at radius 2 is 1.62 bits per heavy atom. The number of nitrogens with zero attached hydrogens (tertiary/aromatic N) is 4. The number of benzene rings is 2. The molecule has 1 aliphatic rings. The largest absolute Gasteiger partial charge is 0.368 e. The third-order valence-electron chi connectivity index (χ3n) is 5.35. The van der Waals surface area contributed by atoms with E-state index in [0.29, 0.717) is 5.28 Å². The van der Waals surface area contributed by atoms with Crippen molar-refractivity contribution in [2.75, 3.05) is 36.0 Å². The lowest BCUT2D eigenvalue weighted by Crippen LogP contribution is -2.47. The van der Waals surface area contributed by atoms with Crippen LogP contribution in [0.4, 0.5) is 11.5 Å². The van der Waals surface area contributed by atoms with Crippen LogP contribution >= 0.6 is 22.9 Å². The van der Waals surface area contributed by atoms with Crippen LogP contribution < -0.4 is 9.80 Å². The quantitative estimate of drug-likeness (QED) is 0.401. The van der Waals surface area contributed by atoms with Gasteiger partial charge in [0.05, 0.1) is 5.39 Å². The number of hydrogen-bond donors (Lipinski definition) is 0. The third-order valence-corrected chi connectivity index (χ3v) is 6.60. The first kappa shape index (κ1) is 18.4. The Kier molecular flexibility index (Phi) is 4.86. The molecule has 0 saturated carbocycles. The highest BCUT2D eigenvalue weighted by atomic mass is 35.5. The molecule has 0 atom stereocenters. The van der Waals surface area contributed by atoms with Gasteiger partial charge in [-0.1, -0.05) is 42.5 Å². The Morgan fingerprint density at radius 3 is 2.38 bits per heavy atom. The van der Waals surface area contributed by atoms with Crippen molar-refractivity contribution in [1.29, 1.82) is 0 Å². The van der Waals surface area contributed by atoms with E-state index in [1.807, 2.05) is 6.07 Å². The maximum absolute atomic E-state index is 6.29. The van der Waals surface area contributed by atoms with Gasteiger partial charge in [-0.2, -0.15) is 4.98 Å². The van der Waals surface area contributed by atoms with Crippen molar-refractivity contribution in [3.05, 3.63) is 71.5 Å². The molecule has 0 amide bonds. The summed E-state index contributed by atoms with van der Waals surface area (Å²) < 4.78 is 0. The van der Waals surface area contributed by atoms with Crippen LogP contribution in [0.5, 0.6) is 0 Å². The first-order valence-corrected chi connectivity index (χ1v) is 11.0. The van der Waals surface area contributed by atoms with Crippen LogP contribution in [0.2, 0.25) is 5.28 Å². The van der Waals surface area contributed by atoms with Crippen LogP contribution in [0.1, 0.15) is 5.56 Å². The molecule has 0 bridgehead atoms. The maximum Gasteiger partial charge on any atom is 0.225 e. The summed E-state index contributed by atoms with van der Waals surface area (Å²) in [6, 6.07) is 21.3. The SMILES string of the molecule is Cc1cccc(N2CCN(c3nc(Cl)nc4sc(-c5ccccc5)cc34)CC2)c1. The molecule has 1 aliphatic heterocycles. The van der Waals surface area contributed by atoms with E-state index in [-0.39, 0.29) is 0 Å². The molecule has 1 fully saturated rings.